The smallest absolute Gasteiger partial charge is 0.244 e. The average Bonchev–Trinajstić information content (AvgIpc) is 2.30. The molecule has 1 fully saturated rings. The summed E-state index contributed by atoms with van der Waals surface area (Å²) in [5.41, 5.74) is 2.07. The van der Waals surface area contributed by atoms with E-state index in [1.54, 1.807) is 6.92 Å². The number of amides is 1. The number of hydrogen-bond acceptors (Lipinski definition) is 3. The highest BCUT2D eigenvalue weighted by Gasteiger charge is 2.29. The Labute approximate surface area is 95.8 Å². The molecule has 1 saturated heterocycles. The SMILES string of the molecule is CC[C@](C)(/C=C/F)C(=O)NN1CCNCC1. The van der Waals surface area contributed by atoms with Gasteiger partial charge in [0.1, 0.15) is 0 Å². The summed E-state index contributed by atoms with van der Waals surface area (Å²) in [7, 11) is 0. The summed E-state index contributed by atoms with van der Waals surface area (Å²) >= 11 is 0. The molecule has 1 rings (SSSR count). The minimum atomic E-state index is -0.764. The standard InChI is InChI=1S/C11H20FN3O/c1-3-11(2,4-5-12)10(16)14-15-8-6-13-7-9-15/h4-5,13H,3,6-9H2,1-2H3,(H,14,16)/b5-4+/t11-/m1/s1. The molecule has 0 saturated carbocycles. The lowest BCUT2D eigenvalue weighted by atomic mass is 9.87. The van der Waals surface area contributed by atoms with Gasteiger partial charge in [-0.1, -0.05) is 6.92 Å². The maximum atomic E-state index is 12.2. The molecule has 5 heteroatoms. The van der Waals surface area contributed by atoms with Crippen molar-refractivity contribution >= 4 is 5.91 Å². The Balaban J connectivity index is 2.54. The van der Waals surface area contributed by atoms with Gasteiger partial charge in [0.25, 0.3) is 0 Å². The maximum absolute atomic E-state index is 12.2. The molecule has 4 nitrogen and oxygen atoms in total. The van der Waals surface area contributed by atoms with Crippen LogP contribution in [0.1, 0.15) is 20.3 Å². The number of nitrogens with one attached hydrogen (secondary N) is 2. The van der Waals surface area contributed by atoms with Crippen LogP contribution in [0.5, 0.6) is 0 Å². The predicted molar refractivity (Wildman–Crippen MR) is 61.2 cm³/mol. The Morgan fingerprint density at radius 2 is 2.19 bits per heavy atom. The molecule has 0 aromatic carbocycles. The van der Waals surface area contributed by atoms with Gasteiger partial charge in [-0.25, -0.2) is 9.40 Å². The van der Waals surface area contributed by atoms with Crippen LogP contribution in [0, 0.1) is 5.41 Å². The molecule has 1 atom stereocenters. The van der Waals surface area contributed by atoms with Crippen molar-refractivity contribution in [3.63, 3.8) is 0 Å². The predicted octanol–water partition coefficient (Wildman–Crippen LogP) is 0.822. The van der Waals surface area contributed by atoms with Gasteiger partial charge in [0, 0.05) is 26.2 Å². The fraction of sp³-hybridized carbons (Fsp3) is 0.727. The molecule has 0 bridgehead atoms. The molecule has 1 amide bonds. The first kappa shape index (κ1) is 13.1. The minimum Gasteiger partial charge on any atom is -0.314 e. The van der Waals surface area contributed by atoms with E-state index < -0.39 is 5.41 Å². The van der Waals surface area contributed by atoms with Crippen molar-refractivity contribution in [2.45, 2.75) is 20.3 Å². The number of halogens is 1. The lowest BCUT2D eigenvalue weighted by Crippen LogP contribution is -2.54. The van der Waals surface area contributed by atoms with E-state index in [-0.39, 0.29) is 5.91 Å². The molecule has 2 N–H and O–H groups in total. The monoisotopic (exact) mass is 229 g/mol. The summed E-state index contributed by atoms with van der Waals surface area (Å²) in [5, 5.41) is 5.07. The van der Waals surface area contributed by atoms with Crippen LogP contribution in [0.25, 0.3) is 0 Å². The second-order valence-electron chi connectivity index (χ2n) is 4.24. The molecule has 0 aromatic rings. The number of hydrogen-bond donors (Lipinski definition) is 2. The van der Waals surface area contributed by atoms with E-state index in [4.69, 9.17) is 0 Å². The third-order valence-electron chi connectivity index (χ3n) is 3.06. The van der Waals surface area contributed by atoms with Gasteiger partial charge in [-0.3, -0.25) is 10.2 Å². The largest absolute Gasteiger partial charge is 0.314 e. The summed E-state index contributed by atoms with van der Waals surface area (Å²) < 4.78 is 12.2. The minimum absolute atomic E-state index is 0.147. The van der Waals surface area contributed by atoms with Crippen LogP contribution in [-0.4, -0.2) is 37.1 Å². The van der Waals surface area contributed by atoms with Gasteiger partial charge in [-0.15, -0.1) is 0 Å². The van der Waals surface area contributed by atoms with Crippen molar-refractivity contribution in [2.24, 2.45) is 5.41 Å². The van der Waals surface area contributed by atoms with E-state index in [1.807, 2.05) is 11.9 Å². The summed E-state index contributed by atoms with van der Waals surface area (Å²) in [6.45, 7) is 6.90. The normalized spacial score (nSPS) is 21.9. The van der Waals surface area contributed by atoms with Crippen LogP contribution in [0.4, 0.5) is 4.39 Å². The topological polar surface area (TPSA) is 44.4 Å². The van der Waals surface area contributed by atoms with Crippen LogP contribution >= 0.6 is 0 Å². The van der Waals surface area contributed by atoms with Gasteiger partial charge >= 0.3 is 0 Å². The quantitative estimate of drug-likeness (QED) is 0.750. The number of nitrogens with zero attached hydrogens (tertiary/aromatic N) is 1. The summed E-state index contributed by atoms with van der Waals surface area (Å²) in [6, 6.07) is 0. The van der Waals surface area contributed by atoms with E-state index in [0.717, 1.165) is 26.2 Å². The van der Waals surface area contributed by atoms with E-state index in [1.165, 1.54) is 6.08 Å². The van der Waals surface area contributed by atoms with Crippen LogP contribution in [0.2, 0.25) is 0 Å². The summed E-state index contributed by atoms with van der Waals surface area (Å²) in [4.78, 5) is 12.0. The molecule has 1 heterocycles. The Kier molecular flexibility index (Phi) is 4.89. The van der Waals surface area contributed by atoms with Crippen molar-refractivity contribution in [2.75, 3.05) is 26.2 Å². The van der Waals surface area contributed by atoms with Crippen molar-refractivity contribution in [1.29, 1.82) is 0 Å². The molecule has 0 radical (unpaired) electrons. The zero-order chi connectivity index (χ0) is 12.0. The molecular weight excluding hydrogens is 209 g/mol. The van der Waals surface area contributed by atoms with E-state index in [2.05, 4.69) is 10.7 Å². The lowest BCUT2D eigenvalue weighted by molar-refractivity contribution is -0.133. The van der Waals surface area contributed by atoms with Crippen molar-refractivity contribution < 1.29 is 9.18 Å². The van der Waals surface area contributed by atoms with Crippen LogP contribution in [-0.2, 0) is 4.79 Å². The van der Waals surface area contributed by atoms with Gasteiger partial charge in [0.15, 0.2) is 0 Å². The molecule has 0 aliphatic carbocycles. The Bertz CT molecular complexity index is 264. The molecule has 0 spiro atoms. The van der Waals surface area contributed by atoms with Crippen LogP contribution in [0.15, 0.2) is 12.4 Å². The second kappa shape index (κ2) is 5.96. The van der Waals surface area contributed by atoms with Gasteiger partial charge in [-0.05, 0) is 19.4 Å². The fourth-order valence-electron chi connectivity index (χ4n) is 1.54. The van der Waals surface area contributed by atoms with Gasteiger partial charge in [-0.2, -0.15) is 0 Å². The highest BCUT2D eigenvalue weighted by atomic mass is 19.1. The van der Waals surface area contributed by atoms with Crippen molar-refractivity contribution in [3.8, 4) is 0 Å². The number of piperazine rings is 1. The second-order valence-corrected chi connectivity index (χ2v) is 4.24. The zero-order valence-corrected chi connectivity index (χ0v) is 9.92. The molecule has 0 aromatic heterocycles. The van der Waals surface area contributed by atoms with Crippen molar-refractivity contribution in [3.05, 3.63) is 12.4 Å². The van der Waals surface area contributed by atoms with Gasteiger partial charge in [0.2, 0.25) is 5.91 Å². The lowest BCUT2D eigenvalue weighted by Gasteiger charge is -2.31. The van der Waals surface area contributed by atoms with E-state index in [0.29, 0.717) is 12.8 Å². The first-order valence-corrected chi connectivity index (χ1v) is 5.67. The van der Waals surface area contributed by atoms with Gasteiger partial charge in [0.05, 0.1) is 11.7 Å². The Morgan fingerprint density at radius 3 is 2.69 bits per heavy atom. The molecule has 0 unspecified atom stereocenters. The zero-order valence-electron chi connectivity index (χ0n) is 9.92. The third kappa shape index (κ3) is 3.28. The van der Waals surface area contributed by atoms with Gasteiger partial charge < -0.3 is 5.32 Å². The van der Waals surface area contributed by atoms with E-state index in [9.17, 15) is 9.18 Å². The molecular formula is C11H20FN3O. The Morgan fingerprint density at radius 1 is 1.56 bits per heavy atom. The highest BCUT2D eigenvalue weighted by Crippen LogP contribution is 2.23. The number of rotatable bonds is 4. The van der Waals surface area contributed by atoms with Crippen LogP contribution < -0.4 is 10.7 Å². The number of carbonyl (C=O) groups excluding carboxylic acids is 1. The molecule has 16 heavy (non-hydrogen) atoms. The fourth-order valence-corrected chi connectivity index (χ4v) is 1.54. The molecule has 1 aliphatic rings. The first-order valence-electron chi connectivity index (χ1n) is 5.67. The summed E-state index contributed by atoms with van der Waals surface area (Å²) in [6.07, 6.45) is 2.33. The summed E-state index contributed by atoms with van der Waals surface area (Å²) in [5.74, 6) is -0.147. The first-order chi connectivity index (χ1) is 7.62. The van der Waals surface area contributed by atoms with Crippen molar-refractivity contribution in [1.82, 2.24) is 15.8 Å². The molecule has 1 aliphatic heterocycles. The van der Waals surface area contributed by atoms with Crippen LogP contribution in [0.3, 0.4) is 0 Å². The maximum Gasteiger partial charge on any atom is 0.244 e. The third-order valence-corrected chi connectivity index (χ3v) is 3.06. The highest BCUT2D eigenvalue weighted by molar-refractivity contribution is 5.83. The Hall–Kier alpha value is -0.940. The van der Waals surface area contributed by atoms with E-state index >= 15 is 0 Å². The number of carbonyl (C=O) groups is 1. The average molecular weight is 229 g/mol. The molecule has 92 valence electrons. The number of hydrazine groups is 1.